The summed E-state index contributed by atoms with van der Waals surface area (Å²) in [7, 11) is 2.01. The molecule has 1 unspecified atom stereocenters. The zero-order chi connectivity index (χ0) is 13.5. The summed E-state index contributed by atoms with van der Waals surface area (Å²) < 4.78 is 0. The van der Waals surface area contributed by atoms with Crippen LogP contribution in [0.3, 0.4) is 0 Å². The minimum Gasteiger partial charge on any atom is -0.320 e. The van der Waals surface area contributed by atoms with Crippen LogP contribution in [0.1, 0.15) is 43.3 Å². The highest BCUT2D eigenvalue weighted by Gasteiger charge is 2.22. The highest BCUT2D eigenvalue weighted by molar-refractivity contribution is 7.09. The van der Waals surface area contributed by atoms with Crippen molar-refractivity contribution in [2.45, 2.75) is 51.5 Å². The number of hydrogen-bond acceptors (Lipinski definition) is 4. The second-order valence-corrected chi connectivity index (χ2v) is 6.36. The van der Waals surface area contributed by atoms with Crippen molar-refractivity contribution in [3.8, 4) is 0 Å². The Morgan fingerprint density at radius 1 is 1.47 bits per heavy atom. The molecule has 1 aliphatic heterocycles. The monoisotopic (exact) mass is 281 g/mol. The van der Waals surface area contributed by atoms with E-state index < -0.39 is 0 Å². The van der Waals surface area contributed by atoms with Gasteiger partial charge in [-0.25, -0.2) is 4.98 Å². The van der Waals surface area contributed by atoms with Crippen molar-refractivity contribution in [1.82, 2.24) is 15.2 Å². The number of nitrogens with zero attached hydrogens (tertiary/aromatic N) is 2. The Kier molecular flexibility index (Phi) is 6.28. The maximum Gasteiger partial charge on any atom is 0.0943 e. The van der Waals surface area contributed by atoms with Gasteiger partial charge in [-0.05, 0) is 52.4 Å². The Morgan fingerprint density at radius 3 is 3.16 bits per heavy atom. The summed E-state index contributed by atoms with van der Waals surface area (Å²) in [4.78, 5) is 7.44. The largest absolute Gasteiger partial charge is 0.320 e. The molecule has 0 spiro atoms. The summed E-state index contributed by atoms with van der Waals surface area (Å²) in [6.07, 6.45) is 7.57. The van der Waals surface area contributed by atoms with E-state index in [1.807, 2.05) is 18.4 Å². The van der Waals surface area contributed by atoms with E-state index in [1.165, 1.54) is 49.5 Å². The van der Waals surface area contributed by atoms with Crippen LogP contribution in [-0.2, 0) is 12.8 Å². The molecule has 0 aromatic carbocycles. The molecule has 1 N–H and O–H groups in total. The van der Waals surface area contributed by atoms with E-state index in [0.717, 1.165) is 25.4 Å². The Bertz CT molecular complexity index is 364. The molecule has 2 rings (SSSR count). The van der Waals surface area contributed by atoms with Gasteiger partial charge in [-0.1, -0.05) is 13.3 Å². The van der Waals surface area contributed by atoms with E-state index >= 15 is 0 Å². The maximum absolute atomic E-state index is 4.81. The second-order valence-electron chi connectivity index (χ2n) is 5.42. The highest BCUT2D eigenvalue weighted by Crippen LogP contribution is 2.22. The van der Waals surface area contributed by atoms with Gasteiger partial charge in [-0.15, -0.1) is 11.3 Å². The number of hydrogen-bond donors (Lipinski definition) is 1. The lowest BCUT2D eigenvalue weighted by Gasteiger charge is -2.34. The van der Waals surface area contributed by atoms with Gasteiger partial charge in [-0.3, -0.25) is 0 Å². The summed E-state index contributed by atoms with van der Waals surface area (Å²) >= 11 is 1.86. The topological polar surface area (TPSA) is 28.2 Å². The van der Waals surface area contributed by atoms with Gasteiger partial charge in [0.05, 0.1) is 10.7 Å². The number of aryl methyl sites for hydroxylation is 1. The number of nitrogens with one attached hydrogen (secondary N) is 1. The predicted octanol–water partition coefficient (Wildman–Crippen LogP) is 2.71. The van der Waals surface area contributed by atoms with Crippen molar-refractivity contribution in [2.24, 2.45) is 0 Å². The Balaban J connectivity index is 1.84. The lowest BCUT2D eigenvalue weighted by Crippen LogP contribution is -2.40. The normalized spacial score (nSPS) is 20.8. The van der Waals surface area contributed by atoms with Gasteiger partial charge in [0.2, 0.25) is 0 Å². The van der Waals surface area contributed by atoms with Crippen LogP contribution in [0, 0.1) is 0 Å². The van der Waals surface area contributed by atoms with E-state index in [1.54, 1.807) is 0 Å². The van der Waals surface area contributed by atoms with Gasteiger partial charge < -0.3 is 10.2 Å². The van der Waals surface area contributed by atoms with E-state index in [0.29, 0.717) is 0 Å². The van der Waals surface area contributed by atoms with Gasteiger partial charge in [0, 0.05) is 17.8 Å². The maximum atomic E-state index is 4.81. The van der Waals surface area contributed by atoms with E-state index in [9.17, 15) is 0 Å². The Morgan fingerprint density at radius 2 is 2.37 bits per heavy atom. The molecule has 0 bridgehead atoms. The Hall–Kier alpha value is -0.450. The molecule has 1 fully saturated rings. The molecule has 4 heteroatoms. The summed E-state index contributed by atoms with van der Waals surface area (Å²) in [5.74, 6) is 0. The number of rotatable bonds is 7. The van der Waals surface area contributed by atoms with Crippen LogP contribution in [0.15, 0.2) is 5.38 Å². The first-order chi connectivity index (χ1) is 9.33. The van der Waals surface area contributed by atoms with Crippen molar-refractivity contribution in [3.63, 3.8) is 0 Å². The quantitative estimate of drug-likeness (QED) is 0.779. The molecule has 1 aromatic rings. The zero-order valence-electron chi connectivity index (χ0n) is 12.3. The van der Waals surface area contributed by atoms with E-state index in [4.69, 9.17) is 4.98 Å². The summed E-state index contributed by atoms with van der Waals surface area (Å²) in [5.41, 5.74) is 1.29. The van der Waals surface area contributed by atoms with Gasteiger partial charge in [0.1, 0.15) is 0 Å². The molecule has 0 radical (unpaired) electrons. The minimum absolute atomic E-state index is 0.732. The predicted molar refractivity (Wildman–Crippen MR) is 83.0 cm³/mol. The van der Waals surface area contributed by atoms with E-state index in [2.05, 4.69) is 22.5 Å². The fourth-order valence-electron chi connectivity index (χ4n) is 2.91. The number of aromatic nitrogens is 1. The number of piperidine rings is 1. The first-order valence-corrected chi connectivity index (χ1v) is 8.53. The van der Waals surface area contributed by atoms with Gasteiger partial charge in [0.15, 0.2) is 0 Å². The fourth-order valence-corrected chi connectivity index (χ4v) is 3.81. The molecule has 2 heterocycles. The van der Waals surface area contributed by atoms with Crippen LogP contribution in [-0.4, -0.2) is 42.6 Å². The third kappa shape index (κ3) is 4.55. The van der Waals surface area contributed by atoms with Crippen LogP contribution in [0.4, 0.5) is 0 Å². The lowest BCUT2D eigenvalue weighted by molar-refractivity contribution is 0.155. The molecule has 108 valence electrons. The average Bonchev–Trinajstić information content (AvgIpc) is 2.87. The van der Waals surface area contributed by atoms with Crippen LogP contribution in [0.5, 0.6) is 0 Å². The summed E-state index contributed by atoms with van der Waals surface area (Å²) in [6.45, 7) is 5.83. The van der Waals surface area contributed by atoms with Crippen molar-refractivity contribution >= 4 is 11.3 Å². The number of likely N-dealkylation sites (N-methyl/N-ethyl adjacent to an activating group) is 1. The molecular weight excluding hydrogens is 254 g/mol. The smallest absolute Gasteiger partial charge is 0.0943 e. The standard InChI is InChI=1S/C15H27N3S/c1-3-18-10-5-4-8-14(18)11-15-17-13(12-19-15)7-6-9-16-2/h12,14,16H,3-11H2,1-2H3. The Labute approximate surface area is 121 Å². The van der Waals surface area contributed by atoms with Gasteiger partial charge in [-0.2, -0.15) is 0 Å². The SMILES string of the molecule is CCN1CCCCC1Cc1nc(CCCNC)cs1. The first kappa shape index (κ1) is 14.9. The van der Waals surface area contributed by atoms with Crippen LogP contribution in [0.25, 0.3) is 0 Å². The summed E-state index contributed by atoms with van der Waals surface area (Å²) in [6, 6.07) is 0.732. The molecule has 19 heavy (non-hydrogen) atoms. The van der Waals surface area contributed by atoms with E-state index in [-0.39, 0.29) is 0 Å². The molecule has 0 saturated carbocycles. The molecule has 0 amide bonds. The number of likely N-dealkylation sites (tertiary alicyclic amines) is 1. The van der Waals surface area contributed by atoms with Gasteiger partial charge in [0.25, 0.3) is 0 Å². The summed E-state index contributed by atoms with van der Waals surface area (Å²) in [5, 5.41) is 6.78. The van der Waals surface area contributed by atoms with Gasteiger partial charge >= 0.3 is 0 Å². The third-order valence-corrected chi connectivity index (χ3v) is 4.94. The second kappa shape index (κ2) is 7.98. The molecular formula is C15H27N3S. The average molecular weight is 281 g/mol. The molecule has 3 nitrogen and oxygen atoms in total. The highest BCUT2D eigenvalue weighted by atomic mass is 32.1. The lowest BCUT2D eigenvalue weighted by atomic mass is 10.00. The minimum atomic E-state index is 0.732. The van der Waals surface area contributed by atoms with Crippen molar-refractivity contribution in [3.05, 3.63) is 16.1 Å². The molecule has 1 atom stereocenters. The third-order valence-electron chi connectivity index (χ3n) is 4.02. The zero-order valence-corrected chi connectivity index (χ0v) is 13.1. The molecule has 1 saturated heterocycles. The van der Waals surface area contributed by atoms with Crippen LogP contribution < -0.4 is 5.32 Å². The van der Waals surface area contributed by atoms with Crippen LogP contribution in [0.2, 0.25) is 0 Å². The van der Waals surface area contributed by atoms with Crippen molar-refractivity contribution < 1.29 is 0 Å². The van der Waals surface area contributed by atoms with Crippen molar-refractivity contribution in [1.29, 1.82) is 0 Å². The van der Waals surface area contributed by atoms with Crippen molar-refractivity contribution in [2.75, 3.05) is 26.7 Å². The first-order valence-electron chi connectivity index (χ1n) is 7.65. The molecule has 1 aromatic heterocycles. The fraction of sp³-hybridized carbons (Fsp3) is 0.800. The molecule has 0 aliphatic carbocycles. The number of thiazole rings is 1. The molecule has 1 aliphatic rings. The van der Waals surface area contributed by atoms with Crippen LogP contribution >= 0.6 is 11.3 Å².